The zero-order chi connectivity index (χ0) is 21.7. The van der Waals surface area contributed by atoms with Gasteiger partial charge in [0.15, 0.2) is 5.11 Å². The average Bonchev–Trinajstić information content (AvgIpc) is 2.73. The van der Waals surface area contributed by atoms with E-state index >= 15 is 0 Å². The number of sulfonamides is 1. The van der Waals surface area contributed by atoms with Crippen LogP contribution < -0.4 is 20.3 Å². The van der Waals surface area contributed by atoms with Crippen LogP contribution in [-0.4, -0.2) is 63.3 Å². The monoisotopic (exact) mass is 448 g/mol. The van der Waals surface area contributed by atoms with Gasteiger partial charge in [0.2, 0.25) is 10.0 Å². The minimum atomic E-state index is -3.19. The fourth-order valence-corrected chi connectivity index (χ4v) is 4.30. The van der Waals surface area contributed by atoms with E-state index in [1.165, 1.54) is 17.7 Å². The van der Waals surface area contributed by atoms with Crippen LogP contribution in [0.3, 0.4) is 0 Å². The number of ether oxygens (including phenoxy) is 1. The van der Waals surface area contributed by atoms with Gasteiger partial charge >= 0.3 is 0 Å². The van der Waals surface area contributed by atoms with Gasteiger partial charge in [-0.15, -0.1) is 0 Å². The van der Waals surface area contributed by atoms with Crippen molar-refractivity contribution in [2.75, 3.05) is 49.8 Å². The smallest absolute Gasteiger partial charge is 0.261 e. The Morgan fingerprint density at radius 1 is 1.03 bits per heavy atom. The van der Waals surface area contributed by atoms with Gasteiger partial charge in [0.1, 0.15) is 5.75 Å². The second-order valence-electron chi connectivity index (χ2n) is 6.77. The van der Waals surface area contributed by atoms with Gasteiger partial charge in [-0.3, -0.25) is 10.1 Å². The summed E-state index contributed by atoms with van der Waals surface area (Å²) >= 11 is 5.33. The molecule has 8 nitrogen and oxygen atoms in total. The maximum absolute atomic E-state index is 12.6. The van der Waals surface area contributed by atoms with Gasteiger partial charge in [0.05, 0.1) is 30.3 Å². The molecule has 30 heavy (non-hydrogen) atoms. The summed E-state index contributed by atoms with van der Waals surface area (Å²) in [4.78, 5) is 14.6. The Labute approximate surface area is 181 Å². The lowest BCUT2D eigenvalue weighted by Crippen LogP contribution is -2.48. The third-order valence-electron chi connectivity index (χ3n) is 4.78. The van der Waals surface area contributed by atoms with Crippen LogP contribution in [0.1, 0.15) is 10.4 Å². The van der Waals surface area contributed by atoms with Gasteiger partial charge in [0, 0.05) is 26.2 Å². The maximum Gasteiger partial charge on any atom is 0.261 e. The fourth-order valence-electron chi connectivity index (χ4n) is 3.27. The molecule has 0 aromatic heterocycles. The second-order valence-corrected chi connectivity index (χ2v) is 9.17. The van der Waals surface area contributed by atoms with Crippen molar-refractivity contribution < 1.29 is 17.9 Å². The van der Waals surface area contributed by atoms with Crippen molar-refractivity contribution in [1.29, 1.82) is 0 Å². The molecule has 0 spiro atoms. The molecule has 2 aromatic carbocycles. The summed E-state index contributed by atoms with van der Waals surface area (Å²) in [7, 11) is -1.69. The lowest BCUT2D eigenvalue weighted by molar-refractivity contribution is 0.0974. The van der Waals surface area contributed by atoms with Crippen molar-refractivity contribution in [2.45, 2.75) is 0 Å². The summed E-state index contributed by atoms with van der Waals surface area (Å²) in [5.74, 6) is 0.0890. The first kappa shape index (κ1) is 22.0. The minimum absolute atomic E-state index is 0.160. The first-order chi connectivity index (χ1) is 14.3. The molecule has 0 atom stereocenters. The molecule has 3 rings (SSSR count). The van der Waals surface area contributed by atoms with Crippen LogP contribution in [0.5, 0.6) is 5.75 Å². The number of para-hydroxylation sites is 3. The van der Waals surface area contributed by atoms with Crippen molar-refractivity contribution in [1.82, 2.24) is 9.62 Å². The number of methoxy groups -OCH3 is 1. The number of hydrogen-bond acceptors (Lipinski definition) is 6. The molecule has 160 valence electrons. The Hall–Kier alpha value is -2.69. The number of nitrogens with zero attached hydrogens (tertiary/aromatic N) is 2. The lowest BCUT2D eigenvalue weighted by atomic mass is 10.2. The molecule has 1 aliphatic rings. The predicted octanol–water partition coefficient (Wildman–Crippen LogP) is 1.90. The molecule has 0 saturated carbocycles. The van der Waals surface area contributed by atoms with Crippen molar-refractivity contribution >= 4 is 44.6 Å². The molecule has 10 heteroatoms. The van der Waals surface area contributed by atoms with E-state index in [1.807, 2.05) is 24.3 Å². The molecular formula is C20H24N4O4S2. The third kappa shape index (κ3) is 5.26. The summed E-state index contributed by atoms with van der Waals surface area (Å²) < 4.78 is 30.2. The van der Waals surface area contributed by atoms with E-state index in [1.54, 1.807) is 24.3 Å². The van der Waals surface area contributed by atoms with Gasteiger partial charge in [-0.05, 0) is 36.5 Å². The predicted molar refractivity (Wildman–Crippen MR) is 122 cm³/mol. The van der Waals surface area contributed by atoms with E-state index in [-0.39, 0.29) is 11.0 Å². The van der Waals surface area contributed by atoms with Crippen molar-refractivity contribution in [2.24, 2.45) is 0 Å². The highest BCUT2D eigenvalue weighted by Gasteiger charge is 2.24. The van der Waals surface area contributed by atoms with E-state index in [9.17, 15) is 13.2 Å². The first-order valence-corrected chi connectivity index (χ1v) is 11.6. The molecule has 1 heterocycles. The fraction of sp³-hybridized carbons (Fsp3) is 0.300. The van der Waals surface area contributed by atoms with Crippen molar-refractivity contribution in [3.8, 4) is 5.75 Å². The van der Waals surface area contributed by atoms with Gasteiger partial charge in [-0.25, -0.2) is 8.42 Å². The molecule has 2 N–H and O–H groups in total. The average molecular weight is 449 g/mol. The Morgan fingerprint density at radius 2 is 1.67 bits per heavy atom. The van der Waals surface area contributed by atoms with Crippen LogP contribution in [0.4, 0.5) is 11.4 Å². The number of nitrogens with one attached hydrogen (secondary N) is 2. The molecule has 2 aromatic rings. The Bertz CT molecular complexity index is 1030. The highest BCUT2D eigenvalue weighted by atomic mass is 32.2. The molecule has 0 bridgehead atoms. The van der Waals surface area contributed by atoms with Crippen LogP contribution in [0.15, 0.2) is 48.5 Å². The van der Waals surface area contributed by atoms with Crippen molar-refractivity contribution in [3.63, 3.8) is 0 Å². The topological polar surface area (TPSA) is 91.0 Å². The Kier molecular flexibility index (Phi) is 6.91. The molecule has 1 fully saturated rings. The SMILES string of the molecule is COc1ccccc1C(=O)NC(=S)Nc1ccccc1N1CCN(S(C)(=O)=O)CC1. The van der Waals surface area contributed by atoms with Crippen LogP contribution in [0, 0.1) is 0 Å². The van der Waals surface area contributed by atoms with E-state index in [4.69, 9.17) is 17.0 Å². The molecular weight excluding hydrogens is 424 g/mol. The number of piperazine rings is 1. The van der Waals surface area contributed by atoms with Gasteiger partial charge in [0.25, 0.3) is 5.91 Å². The number of anilines is 2. The van der Waals surface area contributed by atoms with Crippen LogP contribution in [-0.2, 0) is 10.0 Å². The lowest BCUT2D eigenvalue weighted by Gasteiger charge is -2.35. The standard InChI is InChI=1S/C20H24N4O4S2/c1-28-18-10-6-3-7-15(18)19(25)22-20(29)21-16-8-4-5-9-17(16)23-11-13-24(14-12-23)30(2,26)27/h3-10H,11-14H2,1-2H3,(H2,21,22,25,29). The number of thiocarbonyl (C=S) groups is 1. The molecule has 0 aliphatic carbocycles. The summed E-state index contributed by atoms with van der Waals surface area (Å²) in [6.07, 6.45) is 1.22. The van der Waals surface area contributed by atoms with E-state index in [0.717, 1.165) is 11.4 Å². The normalized spacial score (nSPS) is 14.8. The van der Waals surface area contributed by atoms with E-state index in [0.29, 0.717) is 37.5 Å². The van der Waals surface area contributed by atoms with Gasteiger partial charge < -0.3 is 15.0 Å². The quantitative estimate of drug-likeness (QED) is 0.675. The zero-order valence-electron chi connectivity index (χ0n) is 16.8. The highest BCUT2D eigenvalue weighted by Crippen LogP contribution is 2.27. The largest absolute Gasteiger partial charge is 0.496 e. The molecule has 1 aliphatic heterocycles. The van der Waals surface area contributed by atoms with Crippen LogP contribution in [0.25, 0.3) is 0 Å². The molecule has 0 unspecified atom stereocenters. The Morgan fingerprint density at radius 3 is 2.33 bits per heavy atom. The number of rotatable bonds is 5. The van der Waals surface area contributed by atoms with E-state index in [2.05, 4.69) is 15.5 Å². The number of carbonyl (C=O) groups excluding carboxylic acids is 1. The summed E-state index contributed by atoms with van der Waals surface area (Å²) in [6, 6.07) is 14.5. The zero-order valence-corrected chi connectivity index (χ0v) is 18.4. The number of carbonyl (C=O) groups is 1. The third-order valence-corrected chi connectivity index (χ3v) is 6.29. The number of amides is 1. The summed E-state index contributed by atoms with van der Waals surface area (Å²) in [6.45, 7) is 1.96. The van der Waals surface area contributed by atoms with E-state index < -0.39 is 10.0 Å². The summed E-state index contributed by atoms with van der Waals surface area (Å²) in [5, 5.41) is 5.90. The first-order valence-electron chi connectivity index (χ1n) is 9.34. The second kappa shape index (κ2) is 9.41. The van der Waals surface area contributed by atoms with Gasteiger partial charge in [-0.1, -0.05) is 24.3 Å². The molecule has 1 amide bonds. The number of benzene rings is 2. The maximum atomic E-state index is 12.6. The molecule has 0 radical (unpaired) electrons. The van der Waals surface area contributed by atoms with Crippen molar-refractivity contribution in [3.05, 3.63) is 54.1 Å². The minimum Gasteiger partial charge on any atom is -0.496 e. The highest BCUT2D eigenvalue weighted by molar-refractivity contribution is 7.88. The van der Waals surface area contributed by atoms with Crippen LogP contribution in [0.2, 0.25) is 0 Å². The Balaban J connectivity index is 1.68. The molecule has 1 saturated heterocycles. The summed E-state index contributed by atoms with van der Waals surface area (Å²) in [5.41, 5.74) is 2.00. The van der Waals surface area contributed by atoms with Gasteiger partial charge in [-0.2, -0.15) is 4.31 Å². The number of hydrogen-bond donors (Lipinski definition) is 2. The van der Waals surface area contributed by atoms with Crippen LogP contribution >= 0.6 is 12.2 Å².